The van der Waals surface area contributed by atoms with Gasteiger partial charge in [0.15, 0.2) is 11.7 Å². The number of fused-ring (bicyclic) bond motifs is 3. The van der Waals surface area contributed by atoms with Crippen LogP contribution in [0, 0.1) is 0 Å². The van der Waals surface area contributed by atoms with Crippen LogP contribution < -0.4 is 10.5 Å². The molecule has 1 aliphatic carbocycles. The summed E-state index contributed by atoms with van der Waals surface area (Å²) in [4.78, 5) is 35.1. The van der Waals surface area contributed by atoms with E-state index in [-0.39, 0.29) is 17.4 Å². The van der Waals surface area contributed by atoms with Crippen molar-refractivity contribution in [1.82, 2.24) is 24.5 Å². The van der Waals surface area contributed by atoms with Gasteiger partial charge in [0, 0.05) is 56.3 Å². The van der Waals surface area contributed by atoms with Gasteiger partial charge >= 0.3 is 0 Å². The molecule has 4 heterocycles. The lowest BCUT2D eigenvalue weighted by atomic mass is 9.97. The Bertz CT molecular complexity index is 1140. The quantitative estimate of drug-likeness (QED) is 0.671. The Labute approximate surface area is 166 Å². The molecule has 3 aromatic rings. The van der Waals surface area contributed by atoms with E-state index in [2.05, 4.69) is 14.9 Å². The van der Waals surface area contributed by atoms with Crippen molar-refractivity contribution in [2.24, 2.45) is 0 Å². The van der Waals surface area contributed by atoms with Crippen molar-refractivity contribution in [1.29, 1.82) is 0 Å². The van der Waals surface area contributed by atoms with Gasteiger partial charge in [-0.05, 0) is 25.7 Å². The van der Waals surface area contributed by atoms with Crippen LogP contribution in [0.2, 0.25) is 0 Å². The van der Waals surface area contributed by atoms with Crippen LogP contribution in [0.1, 0.15) is 34.5 Å². The molecular formula is C20H22N6O3. The first kappa shape index (κ1) is 17.7. The molecule has 3 aromatic heterocycles. The third-order valence-electron chi connectivity index (χ3n) is 5.74. The Kier molecular flexibility index (Phi) is 4.22. The van der Waals surface area contributed by atoms with Crippen LogP contribution in [0.3, 0.4) is 0 Å². The monoisotopic (exact) mass is 394 g/mol. The van der Waals surface area contributed by atoms with Crippen LogP contribution in [-0.4, -0.2) is 61.7 Å². The summed E-state index contributed by atoms with van der Waals surface area (Å²) in [5.74, 6) is 0.365. The molecule has 150 valence electrons. The molecule has 9 heteroatoms. The van der Waals surface area contributed by atoms with E-state index in [1.165, 1.54) is 36.2 Å². The first-order valence-electron chi connectivity index (χ1n) is 9.93. The topological polar surface area (TPSA) is 107 Å². The lowest BCUT2D eigenvalue weighted by molar-refractivity contribution is 0.0746. The number of anilines is 1. The Morgan fingerprint density at radius 3 is 2.69 bits per heavy atom. The molecule has 1 fully saturated rings. The fourth-order valence-electron chi connectivity index (χ4n) is 4.33. The number of nitrogens with one attached hydrogen (secondary N) is 1. The van der Waals surface area contributed by atoms with Crippen molar-refractivity contribution in [2.45, 2.75) is 25.7 Å². The highest BCUT2D eigenvalue weighted by atomic mass is 16.3. The maximum absolute atomic E-state index is 12.7. The van der Waals surface area contributed by atoms with Crippen LogP contribution in [0.4, 0.5) is 5.82 Å². The first-order chi connectivity index (χ1) is 14.1. The highest BCUT2D eigenvalue weighted by Crippen LogP contribution is 2.30. The number of aromatic hydroxyl groups is 1. The van der Waals surface area contributed by atoms with Crippen LogP contribution in [0.5, 0.6) is 5.88 Å². The van der Waals surface area contributed by atoms with Crippen LogP contribution >= 0.6 is 0 Å². The zero-order valence-electron chi connectivity index (χ0n) is 16.0. The first-order valence-corrected chi connectivity index (χ1v) is 9.93. The second kappa shape index (κ2) is 6.91. The molecule has 0 spiro atoms. The third-order valence-corrected chi connectivity index (χ3v) is 5.74. The molecule has 0 radical (unpaired) electrons. The minimum absolute atomic E-state index is 0.199. The van der Waals surface area contributed by atoms with Gasteiger partial charge in [-0.3, -0.25) is 14.6 Å². The molecule has 0 aromatic carbocycles. The molecule has 0 unspecified atom stereocenters. The minimum atomic E-state index is -0.492. The number of nitrogens with zero attached hydrogens (tertiary/aromatic N) is 5. The molecule has 0 atom stereocenters. The Morgan fingerprint density at radius 1 is 1.10 bits per heavy atom. The number of aromatic nitrogens is 4. The summed E-state index contributed by atoms with van der Waals surface area (Å²) in [6.07, 6.45) is 8.07. The van der Waals surface area contributed by atoms with Gasteiger partial charge in [0.05, 0.1) is 11.3 Å². The van der Waals surface area contributed by atoms with Crippen molar-refractivity contribution in [3.8, 4) is 5.88 Å². The van der Waals surface area contributed by atoms with E-state index in [9.17, 15) is 14.7 Å². The number of aromatic amines is 1. The second-order valence-electron chi connectivity index (χ2n) is 7.57. The number of pyridine rings is 1. The number of rotatable bonds is 2. The molecule has 2 N–H and O–H groups in total. The summed E-state index contributed by atoms with van der Waals surface area (Å²) in [5.41, 5.74) is 3.27. The van der Waals surface area contributed by atoms with Crippen molar-refractivity contribution < 1.29 is 9.90 Å². The van der Waals surface area contributed by atoms with E-state index in [0.717, 1.165) is 24.2 Å². The molecule has 1 aliphatic heterocycles. The van der Waals surface area contributed by atoms with Crippen LogP contribution in [0.25, 0.3) is 5.52 Å². The Balaban J connectivity index is 1.38. The predicted molar refractivity (Wildman–Crippen MR) is 106 cm³/mol. The molecule has 5 rings (SSSR count). The number of hydrogen-bond acceptors (Lipinski definition) is 6. The molecule has 1 saturated heterocycles. The molecule has 0 bridgehead atoms. The maximum atomic E-state index is 12.7. The smallest absolute Gasteiger partial charge is 0.254 e. The number of piperazine rings is 1. The number of aryl methyl sites for hydroxylation is 2. The van der Waals surface area contributed by atoms with Crippen molar-refractivity contribution >= 4 is 17.2 Å². The average Bonchev–Trinajstić information content (AvgIpc) is 3.11. The summed E-state index contributed by atoms with van der Waals surface area (Å²) in [6, 6.07) is 2.51. The number of H-pyrrole nitrogens is 1. The minimum Gasteiger partial charge on any atom is -0.494 e. The van der Waals surface area contributed by atoms with E-state index in [4.69, 9.17) is 5.10 Å². The number of carbonyl (C=O) groups excluding carboxylic acids is 1. The highest BCUT2D eigenvalue weighted by Gasteiger charge is 2.27. The van der Waals surface area contributed by atoms with Crippen LogP contribution in [0.15, 0.2) is 29.3 Å². The normalized spacial score (nSPS) is 16.8. The molecule has 9 nitrogen and oxygen atoms in total. The van der Waals surface area contributed by atoms with E-state index in [1.54, 1.807) is 11.1 Å². The van der Waals surface area contributed by atoms with Crippen LogP contribution in [-0.2, 0) is 12.8 Å². The molecular weight excluding hydrogens is 372 g/mol. The predicted octanol–water partition coefficient (Wildman–Crippen LogP) is 0.964. The number of amides is 1. The molecule has 1 amide bonds. The van der Waals surface area contributed by atoms with Crippen molar-refractivity contribution in [3.63, 3.8) is 0 Å². The summed E-state index contributed by atoms with van der Waals surface area (Å²) < 4.78 is 1.94. The van der Waals surface area contributed by atoms with Gasteiger partial charge in [0.1, 0.15) is 5.52 Å². The van der Waals surface area contributed by atoms with Gasteiger partial charge in [0.2, 0.25) is 0 Å². The van der Waals surface area contributed by atoms with Gasteiger partial charge in [0.25, 0.3) is 11.5 Å². The number of hydrogen-bond donors (Lipinski definition) is 2. The zero-order valence-corrected chi connectivity index (χ0v) is 16.0. The van der Waals surface area contributed by atoms with Gasteiger partial charge < -0.3 is 14.9 Å². The summed E-state index contributed by atoms with van der Waals surface area (Å²) >= 11 is 0. The summed E-state index contributed by atoms with van der Waals surface area (Å²) in [5, 5.41) is 14.3. The number of carbonyl (C=O) groups is 1. The van der Waals surface area contributed by atoms with E-state index in [0.29, 0.717) is 26.2 Å². The SMILES string of the molecule is O=C(c1cc(O)[nH]c(=O)c1)N1CCN(c2nccn3nc4c(c23)CCCC4)CC1. The molecule has 29 heavy (non-hydrogen) atoms. The third kappa shape index (κ3) is 3.12. The largest absolute Gasteiger partial charge is 0.494 e. The summed E-state index contributed by atoms with van der Waals surface area (Å²) in [7, 11) is 0. The average molecular weight is 394 g/mol. The Morgan fingerprint density at radius 2 is 1.90 bits per heavy atom. The standard InChI is InChI=1S/C20H22N6O3/c27-16-11-13(12-17(28)22-16)20(29)25-9-7-24(8-10-25)19-18-14-3-1-2-4-15(14)23-26(18)6-5-21-19/h5-6,11-12H,1-4,7-10H2,(H2,22,27,28). The van der Waals surface area contributed by atoms with Gasteiger partial charge in [-0.15, -0.1) is 0 Å². The van der Waals surface area contributed by atoms with Gasteiger partial charge in [-0.2, -0.15) is 5.10 Å². The zero-order chi connectivity index (χ0) is 20.0. The molecule has 0 saturated carbocycles. The maximum Gasteiger partial charge on any atom is 0.254 e. The lowest BCUT2D eigenvalue weighted by Gasteiger charge is -2.35. The fourth-order valence-corrected chi connectivity index (χ4v) is 4.33. The van der Waals surface area contributed by atoms with Crippen molar-refractivity contribution in [2.75, 3.05) is 31.1 Å². The molecule has 2 aliphatic rings. The van der Waals surface area contributed by atoms with Gasteiger partial charge in [-0.1, -0.05) is 0 Å². The summed E-state index contributed by atoms with van der Waals surface area (Å²) in [6.45, 7) is 2.33. The highest BCUT2D eigenvalue weighted by molar-refractivity contribution is 5.94. The van der Waals surface area contributed by atoms with Crippen molar-refractivity contribution in [3.05, 3.63) is 51.7 Å². The Hall–Kier alpha value is -3.36. The second-order valence-corrected chi connectivity index (χ2v) is 7.57. The van der Waals surface area contributed by atoms with Gasteiger partial charge in [-0.25, -0.2) is 9.50 Å². The lowest BCUT2D eigenvalue weighted by Crippen LogP contribution is -2.49. The van der Waals surface area contributed by atoms with E-state index >= 15 is 0 Å². The van der Waals surface area contributed by atoms with E-state index < -0.39 is 5.56 Å². The fraction of sp³-hybridized carbons (Fsp3) is 0.400. The van der Waals surface area contributed by atoms with E-state index in [1.807, 2.05) is 10.7 Å².